The summed E-state index contributed by atoms with van der Waals surface area (Å²) >= 11 is 0. The Morgan fingerprint density at radius 3 is 2.18 bits per heavy atom. The lowest BCUT2D eigenvalue weighted by Crippen LogP contribution is -2.64. The quantitative estimate of drug-likeness (QED) is 0.234. The lowest BCUT2D eigenvalue weighted by atomic mass is 9.46. The van der Waals surface area contributed by atoms with Crippen LogP contribution in [-0.4, -0.2) is 123 Å². The molecule has 8 aliphatic rings. The normalized spacial score (nSPS) is 59.8. The minimum Gasteiger partial charge on any atom is -0.393 e. The number of ether oxygens (including phenoxy) is 6. The number of aliphatic hydroxyl groups is 6. The molecule has 3 saturated carbocycles. The summed E-state index contributed by atoms with van der Waals surface area (Å²) in [6.45, 7) is 13.4. The van der Waals surface area contributed by atoms with Gasteiger partial charge in [-0.25, -0.2) is 0 Å². The van der Waals surface area contributed by atoms with Crippen molar-refractivity contribution < 1.29 is 59.1 Å². The Labute approximate surface area is 301 Å². The highest BCUT2D eigenvalue weighted by Crippen LogP contribution is 2.71. The predicted molar refractivity (Wildman–Crippen MR) is 182 cm³/mol. The van der Waals surface area contributed by atoms with E-state index in [0.717, 1.165) is 45.1 Å². The summed E-state index contributed by atoms with van der Waals surface area (Å²) < 4.78 is 38.4. The second-order valence-corrected chi connectivity index (χ2v) is 18.3. The Morgan fingerprint density at radius 2 is 1.47 bits per heavy atom. The molecular weight excluding hydrogens is 660 g/mol. The number of fused-ring (bicyclic) bond motifs is 7. The van der Waals surface area contributed by atoms with E-state index in [0.29, 0.717) is 48.3 Å². The van der Waals surface area contributed by atoms with E-state index in [2.05, 4.69) is 33.8 Å². The zero-order chi connectivity index (χ0) is 36.4. The lowest BCUT2D eigenvalue weighted by molar-refractivity contribution is -0.371. The second-order valence-electron chi connectivity index (χ2n) is 18.3. The van der Waals surface area contributed by atoms with Crippen LogP contribution in [0.15, 0.2) is 11.6 Å². The second kappa shape index (κ2) is 13.2. The van der Waals surface area contributed by atoms with Crippen LogP contribution < -0.4 is 0 Å². The molecule has 12 nitrogen and oxygen atoms in total. The summed E-state index contributed by atoms with van der Waals surface area (Å²) in [5, 5.41) is 64.8. The van der Waals surface area contributed by atoms with Crippen molar-refractivity contribution in [1.82, 2.24) is 0 Å². The van der Waals surface area contributed by atoms with Crippen molar-refractivity contribution in [2.24, 2.45) is 46.3 Å². The molecule has 0 amide bonds. The van der Waals surface area contributed by atoms with Gasteiger partial charge in [0.15, 0.2) is 18.4 Å². The van der Waals surface area contributed by atoms with Crippen molar-refractivity contribution in [1.29, 1.82) is 0 Å². The van der Waals surface area contributed by atoms with Crippen molar-refractivity contribution >= 4 is 0 Å². The largest absolute Gasteiger partial charge is 0.393 e. The van der Waals surface area contributed by atoms with Crippen LogP contribution in [0.4, 0.5) is 0 Å². The van der Waals surface area contributed by atoms with Gasteiger partial charge in [-0.05, 0) is 87.4 Å². The third-order valence-corrected chi connectivity index (χ3v) is 15.6. The third-order valence-electron chi connectivity index (χ3n) is 15.6. The fraction of sp³-hybridized carbons (Fsp3) is 0.949. The molecule has 4 aliphatic carbocycles. The molecule has 6 N–H and O–H groups in total. The molecule has 290 valence electrons. The molecular formula is C39H62O12. The van der Waals surface area contributed by atoms with Crippen LogP contribution >= 0.6 is 0 Å². The average Bonchev–Trinajstić information content (AvgIpc) is 3.54. The van der Waals surface area contributed by atoms with Crippen molar-refractivity contribution in [3.05, 3.63) is 11.6 Å². The number of hydrogen-bond acceptors (Lipinski definition) is 12. The highest BCUT2D eigenvalue weighted by atomic mass is 16.8. The molecule has 4 saturated heterocycles. The van der Waals surface area contributed by atoms with Gasteiger partial charge in [-0.15, -0.1) is 0 Å². The van der Waals surface area contributed by atoms with E-state index in [4.69, 9.17) is 28.4 Å². The molecule has 0 aromatic carbocycles. The lowest BCUT2D eigenvalue weighted by Gasteiger charge is -2.60. The third kappa shape index (κ3) is 5.67. The summed E-state index contributed by atoms with van der Waals surface area (Å²) in [6, 6.07) is 0. The van der Waals surface area contributed by atoms with Crippen LogP contribution in [0.2, 0.25) is 0 Å². The van der Waals surface area contributed by atoms with E-state index in [1.165, 1.54) is 5.57 Å². The number of allylic oxidation sites excluding steroid dienone is 1. The summed E-state index contributed by atoms with van der Waals surface area (Å²) in [7, 11) is 0. The van der Waals surface area contributed by atoms with Crippen LogP contribution in [0.1, 0.15) is 92.9 Å². The van der Waals surface area contributed by atoms with Gasteiger partial charge in [0.05, 0.1) is 37.1 Å². The zero-order valence-electron chi connectivity index (χ0n) is 31.0. The van der Waals surface area contributed by atoms with Gasteiger partial charge in [0.2, 0.25) is 0 Å². The average molecular weight is 723 g/mol. The molecule has 0 aromatic rings. The van der Waals surface area contributed by atoms with Gasteiger partial charge in [-0.2, -0.15) is 0 Å². The van der Waals surface area contributed by atoms with Crippen LogP contribution in [0, 0.1) is 46.3 Å². The van der Waals surface area contributed by atoms with Gasteiger partial charge in [-0.1, -0.05) is 39.3 Å². The Bertz CT molecular complexity index is 1320. The highest BCUT2D eigenvalue weighted by molar-refractivity contribution is 5.29. The van der Waals surface area contributed by atoms with Gasteiger partial charge < -0.3 is 59.1 Å². The van der Waals surface area contributed by atoms with Gasteiger partial charge in [-0.3, -0.25) is 0 Å². The van der Waals surface area contributed by atoms with Crippen LogP contribution in [0.5, 0.6) is 0 Å². The Morgan fingerprint density at radius 1 is 0.765 bits per heavy atom. The number of rotatable bonds is 4. The van der Waals surface area contributed by atoms with Gasteiger partial charge in [0.25, 0.3) is 0 Å². The molecule has 0 unspecified atom stereocenters. The zero-order valence-corrected chi connectivity index (χ0v) is 31.0. The smallest absolute Gasteiger partial charge is 0.187 e. The Hall–Kier alpha value is -0.740. The van der Waals surface area contributed by atoms with Crippen molar-refractivity contribution in [2.75, 3.05) is 6.61 Å². The molecule has 4 aliphatic heterocycles. The van der Waals surface area contributed by atoms with Crippen molar-refractivity contribution in [2.45, 2.75) is 178 Å². The summed E-state index contributed by atoms with van der Waals surface area (Å²) in [5.74, 6) is 2.06. The van der Waals surface area contributed by atoms with Crippen LogP contribution in [0.25, 0.3) is 0 Å². The number of hydrogen-bond donors (Lipinski definition) is 6. The van der Waals surface area contributed by atoms with Crippen molar-refractivity contribution in [3.63, 3.8) is 0 Å². The van der Waals surface area contributed by atoms with E-state index >= 15 is 0 Å². The molecule has 7 fully saturated rings. The van der Waals surface area contributed by atoms with E-state index in [1.54, 1.807) is 13.8 Å². The van der Waals surface area contributed by atoms with Crippen LogP contribution in [0.3, 0.4) is 0 Å². The minimum absolute atomic E-state index is 0.130. The molecule has 22 atom stereocenters. The maximum Gasteiger partial charge on any atom is 0.187 e. The van der Waals surface area contributed by atoms with Gasteiger partial charge >= 0.3 is 0 Å². The molecule has 0 bridgehead atoms. The first-order valence-electron chi connectivity index (χ1n) is 19.8. The monoisotopic (exact) mass is 722 g/mol. The highest BCUT2D eigenvalue weighted by Gasteiger charge is 2.69. The fourth-order valence-electron chi connectivity index (χ4n) is 12.6. The first-order chi connectivity index (χ1) is 24.1. The topological polar surface area (TPSA) is 177 Å². The van der Waals surface area contributed by atoms with E-state index < -0.39 is 84.8 Å². The molecule has 4 heterocycles. The standard InChI is InChI=1S/C39H62O12/c1-17-9-12-39(46-16-17)18(2)28-26(51-39)15-25-23-8-7-21-13-22(40)14-27(38(21,6)24(23)10-11-37(25,28)5)49-36-34(32(44)30(42)20(4)48-36)50-35-33(45)31(43)29(41)19(3)47-35/h7,17-20,22-36,40-45H,8-16H2,1-6H3/t17-,18+,19+,20-,22-,23-,24-,25+,26+,27-,28+,29+,30+,31-,32+,33-,34-,35+,36+,37+,38+,39-/m1/s1. The first-order valence-corrected chi connectivity index (χ1v) is 19.8. The van der Waals surface area contributed by atoms with Gasteiger partial charge in [0, 0.05) is 24.2 Å². The Balaban J connectivity index is 1.05. The van der Waals surface area contributed by atoms with E-state index in [1.807, 2.05) is 0 Å². The predicted octanol–water partition coefficient (Wildman–Crippen LogP) is 2.39. The van der Waals surface area contributed by atoms with E-state index in [9.17, 15) is 30.6 Å². The van der Waals surface area contributed by atoms with Crippen LogP contribution in [-0.2, 0) is 28.4 Å². The summed E-state index contributed by atoms with van der Waals surface area (Å²) in [4.78, 5) is 0. The number of aliphatic hydroxyl groups excluding tert-OH is 6. The molecule has 12 heteroatoms. The minimum atomic E-state index is -1.61. The molecule has 0 aromatic heterocycles. The maximum atomic E-state index is 11.3. The summed E-state index contributed by atoms with van der Waals surface area (Å²) in [6.07, 6.45) is -4.22. The van der Waals surface area contributed by atoms with Gasteiger partial charge in [0.1, 0.15) is 36.6 Å². The fourth-order valence-corrected chi connectivity index (χ4v) is 12.6. The molecule has 8 rings (SSSR count). The molecule has 1 spiro atoms. The maximum absolute atomic E-state index is 11.3. The molecule has 51 heavy (non-hydrogen) atoms. The van der Waals surface area contributed by atoms with Crippen molar-refractivity contribution in [3.8, 4) is 0 Å². The van der Waals surface area contributed by atoms with E-state index in [-0.39, 0.29) is 11.5 Å². The summed E-state index contributed by atoms with van der Waals surface area (Å²) in [5.41, 5.74) is 0.900. The Kier molecular flexibility index (Phi) is 9.62. The first kappa shape index (κ1) is 37.2. The SMILES string of the molecule is C[C@@H]1CC[C@@]2(OC1)O[C@H]1C[C@H]3[C@@H]4CC=C5C[C@@H](O)C[C@@H](O[C@@H]6O[C@H](C)[C@H](O)[C@H](O)[C@H]6O[C@@H]6O[C@@H](C)[C@H](O)[C@@H](O)[C@H]6O)[C@]5(C)[C@@H]4CC[C@]3(C)[C@H]1[C@@H]2C. The molecule has 0 radical (unpaired) electrons.